The summed E-state index contributed by atoms with van der Waals surface area (Å²) in [4.78, 5) is 24.6. The Bertz CT molecular complexity index is 291. The van der Waals surface area contributed by atoms with Gasteiger partial charge in [-0.25, -0.2) is 0 Å². The second-order valence-electron chi connectivity index (χ2n) is 4.85. The van der Waals surface area contributed by atoms with Gasteiger partial charge in [0.05, 0.1) is 11.5 Å². The van der Waals surface area contributed by atoms with Gasteiger partial charge in [-0.1, -0.05) is 0 Å². The summed E-state index contributed by atoms with van der Waals surface area (Å²) in [7, 11) is 0. The Balaban J connectivity index is 2.47. The van der Waals surface area contributed by atoms with E-state index in [1.54, 1.807) is 11.8 Å². The lowest BCUT2D eigenvalue weighted by Gasteiger charge is -2.21. The van der Waals surface area contributed by atoms with E-state index < -0.39 is 5.41 Å². The molecule has 2 N–H and O–H groups in total. The van der Waals surface area contributed by atoms with Gasteiger partial charge in [0, 0.05) is 13.1 Å². The molecule has 16 heavy (non-hydrogen) atoms. The molecule has 1 atom stereocenters. The fourth-order valence-electron chi connectivity index (χ4n) is 1.70. The fraction of sp³-hybridized carbons (Fsp3) is 0.818. The van der Waals surface area contributed by atoms with Gasteiger partial charge in [-0.2, -0.15) is 0 Å². The molecule has 1 aliphatic heterocycles. The Morgan fingerprint density at radius 1 is 1.50 bits per heavy atom. The second kappa shape index (κ2) is 4.82. The Labute approximate surface area is 95.9 Å². The van der Waals surface area contributed by atoms with Gasteiger partial charge in [-0.05, 0) is 27.2 Å². The van der Waals surface area contributed by atoms with Gasteiger partial charge in [0.2, 0.25) is 11.8 Å². The summed E-state index contributed by atoms with van der Waals surface area (Å²) in [5.74, 6) is -0.411. The van der Waals surface area contributed by atoms with Gasteiger partial charge < -0.3 is 15.4 Å². The highest BCUT2D eigenvalue weighted by molar-refractivity contribution is 5.84. The topological polar surface area (TPSA) is 72.6 Å². The second-order valence-corrected chi connectivity index (χ2v) is 4.85. The van der Waals surface area contributed by atoms with Crippen LogP contribution in [0.1, 0.15) is 27.2 Å². The van der Waals surface area contributed by atoms with Crippen LogP contribution in [0.4, 0.5) is 0 Å². The SMILES string of the molecule is CC(C)OCC(=O)N1CCC(C)(C(N)=O)C1. The maximum atomic E-state index is 11.7. The van der Waals surface area contributed by atoms with E-state index in [0.29, 0.717) is 19.5 Å². The molecule has 0 aromatic carbocycles. The minimum Gasteiger partial charge on any atom is -0.369 e. The van der Waals surface area contributed by atoms with E-state index in [-0.39, 0.29) is 24.5 Å². The smallest absolute Gasteiger partial charge is 0.248 e. The molecule has 1 heterocycles. The van der Waals surface area contributed by atoms with E-state index in [2.05, 4.69) is 0 Å². The van der Waals surface area contributed by atoms with Gasteiger partial charge in [0.1, 0.15) is 6.61 Å². The maximum Gasteiger partial charge on any atom is 0.248 e. The molecule has 2 amide bonds. The third kappa shape index (κ3) is 2.95. The molecule has 1 saturated heterocycles. The Kier molecular flexibility index (Phi) is 3.91. The predicted molar refractivity (Wildman–Crippen MR) is 59.6 cm³/mol. The molecule has 1 rings (SSSR count). The van der Waals surface area contributed by atoms with Crippen molar-refractivity contribution in [1.29, 1.82) is 0 Å². The summed E-state index contributed by atoms with van der Waals surface area (Å²) in [6.07, 6.45) is 0.671. The first-order valence-electron chi connectivity index (χ1n) is 5.54. The first-order chi connectivity index (χ1) is 7.35. The average Bonchev–Trinajstić information content (AvgIpc) is 2.59. The predicted octanol–water partition coefficient (Wildman–Crippen LogP) is 0.135. The molecule has 0 radical (unpaired) electrons. The zero-order valence-corrected chi connectivity index (χ0v) is 10.2. The van der Waals surface area contributed by atoms with Crippen LogP contribution in [0.2, 0.25) is 0 Å². The molecule has 0 aromatic heterocycles. The molecule has 5 nitrogen and oxygen atoms in total. The summed E-state index contributed by atoms with van der Waals surface area (Å²) in [5.41, 5.74) is 4.73. The Morgan fingerprint density at radius 2 is 2.12 bits per heavy atom. The van der Waals surface area contributed by atoms with Gasteiger partial charge >= 0.3 is 0 Å². The number of ether oxygens (including phenoxy) is 1. The van der Waals surface area contributed by atoms with Gasteiger partial charge in [-0.15, -0.1) is 0 Å². The van der Waals surface area contributed by atoms with Crippen LogP contribution in [0.3, 0.4) is 0 Å². The van der Waals surface area contributed by atoms with Crippen molar-refractivity contribution in [2.75, 3.05) is 19.7 Å². The number of carbonyl (C=O) groups is 2. The molecular weight excluding hydrogens is 208 g/mol. The van der Waals surface area contributed by atoms with Crippen LogP contribution in [0, 0.1) is 5.41 Å². The van der Waals surface area contributed by atoms with Crippen molar-refractivity contribution in [3.63, 3.8) is 0 Å². The summed E-state index contributed by atoms with van der Waals surface area (Å²) in [5, 5.41) is 0. The third-order valence-corrected chi connectivity index (χ3v) is 2.96. The summed E-state index contributed by atoms with van der Waals surface area (Å²) >= 11 is 0. The Morgan fingerprint density at radius 3 is 2.56 bits per heavy atom. The summed E-state index contributed by atoms with van der Waals surface area (Å²) in [6.45, 7) is 6.62. The zero-order chi connectivity index (χ0) is 12.3. The minimum absolute atomic E-state index is 0.0362. The average molecular weight is 228 g/mol. The molecule has 0 bridgehead atoms. The number of nitrogens with two attached hydrogens (primary N) is 1. The molecule has 92 valence electrons. The molecule has 0 spiro atoms. The normalized spacial score (nSPS) is 25.1. The monoisotopic (exact) mass is 228 g/mol. The van der Waals surface area contributed by atoms with E-state index in [1.165, 1.54) is 0 Å². The van der Waals surface area contributed by atoms with Crippen molar-refractivity contribution in [1.82, 2.24) is 4.90 Å². The van der Waals surface area contributed by atoms with Gasteiger partial charge in [0.15, 0.2) is 0 Å². The van der Waals surface area contributed by atoms with Crippen molar-refractivity contribution in [3.8, 4) is 0 Å². The number of hydrogen-bond acceptors (Lipinski definition) is 3. The fourth-order valence-corrected chi connectivity index (χ4v) is 1.70. The van der Waals surface area contributed by atoms with Crippen LogP contribution >= 0.6 is 0 Å². The van der Waals surface area contributed by atoms with E-state index in [9.17, 15) is 9.59 Å². The maximum absolute atomic E-state index is 11.7. The quantitative estimate of drug-likeness (QED) is 0.743. The summed E-state index contributed by atoms with van der Waals surface area (Å²) < 4.78 is 5.24. The van der Waals surface area contributed by atoms with Crippen LogP contribution in [0.15, 0.2) is 0 Å². The van der Waals surface area contributed by atoms with Crippen molar-refractivity contribution >= 4 is 11.8 Å². The zero-order valence-electron chi connectivity index (χ0n) is 10.2. The largest absolute Gasteiger partial charge is 0.369 e. The molecule has 0 saturated carbocycles. The van der Waals surface area contributed by atoms with E-state index in [1.807, 2.05) is 13.8 Å². The highest BCUT2D eigenvalue weighted by Gasteiger charge is 2.40. The summed E-state index contributed by atoms with van der Waals surface area (Å²) in [6, 6.07) is 0. The van der Waals surface area contributed by atoms with Crippen LogP contribution in [0.25, 0.3) is 0 Å². The number of amides is 2. The number of rotatable bonds is 4. The first-order valence-corrected chi connectivity index (χ1v) is 5.54. The molecule has 5 heteroatoms. The number of primary amides is 1. The molecule has 1 unspecified atom stereocenters. The molecule has 0 aromatic rings. The highest BCUT2D eigenvalue weighted by Crippen LogP contribution is 2.29. The first kappa shape index (κ1) is 13.0. The third-order valence-electron chi connectivity index (χ3n) is 2.96. The van der Waals surface area contributed by atoms with Crippen molar-refractivity contribution < 1.29 is 14.3 Å². The number of nitrogens with zero attached hydrogens (tertiary/aromatic N) is 1. The van der Waals surface area contributed by atoms with Crippen LogP contribution in [0.5, 0.6) is 0 Å². The molecule has 1 aliphatic rings. The van der Waals surface area contributed by atoms with Gasteiger partial charge in [-0.3, -0.25) is 9.59 Å². The van der Waals surface area contributed by atoms with Crippen LogP contribution in [-0.4, -0.2) is 42.5 Å². The lowest BCUT2D eigenvalue weighted by molar-refractivity contribution is -0.137. The van der Waals surface area contributed by atoms with Crippen LogP contribution < -0.4 is 5.73 Å². The van der Waals surface area contributed by atoms with Crippen LogP contribution in [-0.2, 0) is 14.3 Å². The number of carbonyl (C=O) groups excluding carboxylic acids is 2. The van der Waals surface area contributed by atoms with E-state index in [0.717, 1.165) is 0 Å². The lowest BCUT2D eigenvalue weighted by Crippen LogP contribution is -2.39. The standard InChI is InChI=1S/C11H20N2O3/c1-8(2)16-6-9(14)13-5-4-11(3,7-13)10(12)15/h8H,4-7H2,1-3H3,(H2,12,15). The molecule has 0 aliphatic carbocycles. The van der Waals surface area contributed by atoms with Crippen molar-refractivity contribution in [2.45, 2.75) is 33.3 Å². The van der Waals surface area contributed by atoms with E-state index >= 15 is 0 Å². The number of likely N-dealkylation sites (tertiary alicyclic amines) is 1. The van der Waals surface area contributed by atoms with Gasteiger partial charge in [0.25, 0.3) is 0 Å². The Hall–Kier alpha value is -1.10. The van der Waals surface area contributed by atoms with Crippen molar-refractivity contribution in [3.05, 3.63) is 0 Å². The van der Waals surface area contributed by atoms with E-state index in [4.69, 9.17) is 10.5 Å². The molecular formula is C11H20N2O3. The minimum atomic E-state index is -0.576. The van der Waals surface area contributed by atoms with Crippen molar-refractivity contribution in [2.24, 2.45) is 11.1 Å². The number of hydrogen-bond donors (Lipinski definition) is 1. The lowest BCUT2D eigenvalue weighted by atomic mass is 9.89. The molecule has 1 fully saturated rings. The highest BCUT2D eigenvalue weighted by atomic mass is 16.5.